The monoisotopic (exact) mass is 333 g/mol. The predicted molar refractivity (Wildman–Crippen MR) is 85.8 cm³/mol. The summed E-state index contributed by atoms with van der Waals surface area (Å²) in [5.74, 6) is 0.142. The van der Waals surface area contributed by atoms with Crippen LogP contribution < -0.4 is 0 Å². The molecule has 8 heteroatoms. The third-order valence-corrected chi connectivity index (χ3v) is 5.08. The summed E-state index contributed by atoms with van der Waals surface area (Å²) in [5, 5.41) is 22.0. The summed E-state index contributed by atoms with van der Waals surface area (Å²) in [6.07, 6.45) is 6.29. The number of amides is 1. The van der Waals surface area contributed by atoms with Gasteiger partial charge in [-0.1, -0.05) is 12.8 Å². The Morgan fingerprint density at radius 2 is 1.54 bits per heavy atom. The maximum Gasteiger partial charge on any atom is 0.277 e. The number of likely N-dealkylation sites (tertiary alicyclic amines) is 1. The second-order valence-corrected chi connectivity index (χ2v) is 6.50. The third kappa shape index (κ3) is 3.08. The maximum atomic E-state index is 12.9. The van der Waals surface area contributed by atoms with E-state index in [1.807, 2.05) is 0 Å². The number of rotatable bonds is 3. The number of piperidine rings is 1. The minimum atomic E-state index is -0.705. The van der Waals surface area contributed by atoms with Crippen molar-refractivity contribution in [2.45, 2.75) is 44.6 Å². The molecule has 0 radical (unpaired) electrons. The molecule has 1 aromatic rings. The molecule has 0 unspecified atom stereocenters. The van der Waals surface area contributed by atoms with E-state index in [9.17, 15) is 25.0 Å². The first-order valence-electron chi connectivity index (χ1n) is 8.22. The summed E-state index contributed by atoms with van der Waals surface area (Å²) in [5.41, 5.74) is -0.823. The lowest BCUT2D eigenvalue weighted by Gasteiger charge is -2.44. The number of carbonyl (C=O) groups excluding carboxylic acids is 1. The van der Waals surface area contributed by atoms with Gasteiger partial charge < -0.3 is 4.90 Å². The molecule has 24 heavy (non-hydrogen) atoms. The van der Waals surface area contributed by atoms with Crippen molar-refractivity contribution < 1.29 is 14.6 Å². The Kier molecular flexibility index (Phi) is 4.46. The number of nitro benzene ring substituents is 2. The zero-order valence-electron chi connectivity index (χ0n) is 13.2. The first-order chi connectivity index (χ1) is 11.5. The molecule has 0 aromatic heterocycles. The Bertz CT molecular complexity index is 656. The quantitative estimate of drug-likeness (QED) is 0.623. The van der Waals surface area contributed by atoms with Crippen LogP contribution in [0.1, 0.15) is 48.9 Å². The lowest BCUT2D eigenvalue weighted by molar-refractivity contribution is -0.394. The molecule has 1 aliphatic carbocycles. The van der Waals surface area contributed by atoms with Gasteiger partial charge in [0.05, 0.1) is 21.5 Å². The van der Waals surface area contributed by atoms with E-state index in [0.717, 1.165) is 50.3 Å². The predicted octanol–water partition coefficient (Wildman–Crippen LogP) is 3.30. The number of non-ortho nitro benzene ring substituents is 2. The van der Waals surface area contributed by atoms with Crippen LogP contribution in [0.15, 0.2) is 18.2 Å². The normalized spacial score (nSPS) is 23.4. The zero-order chi connectivity index (χ0) is 17.3. The highest BCUT2D eigenvalue weighted by Gasteiger charge is 2.36. The van der Waals surface area contributed by atoms with Crippen LogP contribution in [0.4, 0.5) is 11.4 Å². The van der Waals surface area contributed by atoms with Crippen molar-refractivity contribution in [3.8, 4) is 0 Å². The molecule has 1 saturated heterocycles. The van der Waals surface area contributed by atoms with E-state index in [0.29, 0.717) is 12.5 Å². The molecule has 1 heterocycles. The maximum absolute atomic E-state index is 12.9. The van der Waals surface area contributed by atoms with E-state index in [1.165, 1.54) is 6.42 Å². The van der Waals surface area contributed by atoms with Crippen LogP contribution in [-0.4, -0.2) is 33.2 Å². The van der Waals surface area contributed by atoms with Crippen molar-refractivity contribution in [3.63, 3.8) is 0 Å². The number of fused-ring (bicyclic) bond motifs is 1. The highest BCUT2D eigenvalue weighted by molar-refractivity contribution is 5.96. The Hall–Kier alpha value is -2.51. The van der Waals surface area contributed by atoms with Crippen molar-refractivity contribution in [2.24, 2.45) is 5.92 Å². The number of benzene rings is 1. The molecular weight excluding hydrogens is 314 g/mol. The Balaban J connectivity index is 1.93. The third-order valence-electron chi connectivity index (χ3n) is 5.08. The van der Waals surface area contributed by atoms with E-state index < -0.39 is 21.2 Å². The van der Waals surface area contributed by atoms with Gasteiger partial charge in [0.2, 0.25) is 0 Å². The van der Waals surface area contributed by atoms with Gasteiger partial charge in [0, 0.05) is 24.7 Å². The minimum Gasteiger partial charge on any atom is -0.335 e. The molecular formula is C16H19N3O5. The van der Waals surface area contributed by atoms with Crippen LogP contribution in [0, 0.1) is 26.1 Å². The van der Waals surface area contributed by atoms with Crippen molar-refractivity contribution in [1.82, 2.24) is 4.90 Å². The second kappa shape index (κ2) is 6.54. The fourth-order valence-corrected chi connectivity index (χ4v) is 3.97. The highest BCUT2D eigenvalue weighted by atomic mass is 16.6. The largest absolute Gasteiger partial charge is 0.335 e. The molecule has 0 N–H and O–H groups in total. The lowest BCUT2D eigenvalue weighted by atomic mass is 9.78. The van der Waals surface area contributed by atoms with Gasteiger partial charge >= 0.3 is 0 Å². The van der Waals surface area contributed by atoms with Crippen LogP contribution >= 0.6 is 0 Å². The summed E-state index contributed by atoms with van der Waals surface area (Å²) in [7, 11) is 0. The van der Waals surface area contributed by atoms with E-state index in [4.69, 9.17) is 0 Å². The smallest absolute Gasteiger partial charge is 0.277 e. The number of hydrogen-bond acceptors (Lipinski definition) is 5. The molecule has 1 aromatic carbocycles. The number of nitrogens with zero attached hydrogens (tertiary/aromatic N) is 3. The van der Waals surface area contributed by atoms with Crippen LogP contribution in [0.3, 0.4) is 0 Å². The summed E-state index contributed by atoms with van der Waals surface area (Å²) < 4.78 is 0. The van der Waals surface area contributed by atoms with Gasteiger partial charge in [-0.15, -0.1) is 0 Å². The van der Waals surface area contributed by atoms with Gasteiger partial charge in [-0.2, -0.15) is 0 Å². The first kappa shape index (κ1) is 16.4. The molecule has 2 fully saturated rings. The Morgan fingerprint density at radius 3 is 2.17 bits per heavy atom. The molecule has 2 aliphatic rings. The first-order valence-corrected chi connectivity index (χ1v) is 8.22. The van der Waals surface area contributed by atoms with Crippen molar-refractivity contribution in [2.75, 3.05) is 6.54 Å². The minimum absolute atomic E-state index is 0.0297. The van der Waals surface area contributed by atoms with Crippen LogP contribution in [0.25, 0.3) is 0 Å². The highest BCUT2D eigenvalue weighted by Crippen LogP contribution is 2.36. The summed E-state index contributed by atoms with van der Waals surface area (Å²) in [6, 6.07) is 3.32. The van der Waals surface area contributed by atoms with Crippen LogP contribution in [0.2, 0.25) is 0 Å². The molecule has 2 atom stereocenters. The van der Waals surface area contributed by atoms with Crippen molar-refractivity contribution >= 4 is 17.3 Å². The molecule has 0 bridgehead atoms. The molecule has 1 amide bonds. The van der Waals surface area contributed by atoms with E-state index in [2.05, 4.69) is 0 Å². The number of hydrogen-bond donors (Lipinski definition) is 0. The lowest BCUT2D eigenvalue weighted by Crippen LogP contribution is -2.49. The van der Waals surface area contributed by atoms with Gasteiger partial charge in [-0.05, 0) is 31.6 Å². The average molecular weight is 333 g/mol. The van der Waals surface area contributed by atoms with Gasteiger partial charge in [0.15, 0.2) is 0 Å². The fourth-order valence-electron chi connectivity index (χ4n) is 3.97. The molecule has 3 rings (SSSR count). The van der Waals surface area contributed by atoms with E-state index in [1.54, 1.807) is 4.90 Å². The van der Waals surface area contributed by atoms with E-state index >= 15 is 0 Å². The topological polar surface area (TPSA) is 107 Å². The zero-order valence-corrected chi connectivity index (χ0v) is 13.2. The molecule has 1 saturated carbocycles. The Morgan fingerprint density at radius 1 is 0.958 bits per heavy atom. The molecule has 8 nitrogen and oxygen atoms in total. The van der Waals surface area contributed by atoms with Gasteiger partial charge in [0.1, 0.15) is 0 Å². The summed E-state index contributed by atoms with van der Waals surface area (Å²) in [4.78, 5) is 35.3. The summed E-state index contributed by atoms with van der Waals surface area (Å²) >= 11 is 0. The van der Waals surface area contributed by atoms with Gasteiger partial charge in [-0.25, -0.2) is 0 Å². The SMILES string of the molecule is O=C(c1cc([N+](=O)[O-])cc([N+](=O)[O-])c1)N1CCC[C@H]2CCCC[C@H]21. The van der Waals surface area contributed by atoms with Crippen molar-refractivity contribution in [3.05, 3.63) is 44.0 Å². The number of carbonyl (C=O) groups is 1. The van der Waals surface area contributed by atoms with Gasteiger partial charge in [-0.3, -0.25) is 25.0 Å². The van der Waals surface area contributed by atoms with Crippen LogP contribution in [0.5, 0.6) is 0 Å². The fraction of sp³-hybridized carbons (Fsp3) is 0.562. The molecule has 1 aliphatic heterocycles. The second-order valence-electron chi connectivity index (χ2n) is 6.50. The average Bonchev–Trinajstić information content (AvgIpc) is 2.60. The van der Waals surface area contributed by atoms with E-state index in [-0.39, 0.29) is 17.5 Å². The standard InChI is InChI=1S/C16H19N3O5/c20-16(17-7-3-5-11-4-1-2-6-15(11)17)12-8-13(18(21)22)10-14(9-12)19(23)24/h8-11,15H,1-7H2/t11-,15-/m1/s1. The van der Waals surface area contributed by atoms with Crippen LogP contribution in [-0.2, 0) is 0 Å². The molecule has 0 spiro atoms. The molecule has 128 valence electrons. The Labute approximate surface area is 138 Å². The van der Waals surface area contributed by atoms with Crippen molar-refractivity contribution in [1.29, 1.82) is 0 Å². The number of nitro groups is 2. The summed E-state index contributed by atoms with van der Waals surface area (Å²) in [6.45, 7) is 0.608. The van der Waals surface area contributed by atoms with Gasteiger partial charge in [0.25, 0.3) is 17.3 Å².